The predicted molar refractivity (Wildman–Crippen MR) is 59.0 cm³/mol. The average Bonchev–Trinajstić information content (AvgIpc) is 2.17. The molecule has 0 spiro atoms. The van der Waals surface area contributed by atoms with Crippen LogP contribution >= 0.6 is 0 Å². The van der Waals surface area contributed by atoms with E-state index in [4.69, 9.17) is 5.11 Å². The Morgan fingerprint density at radius 1 is 1.47 bits per heavy atom. The van der Waals surface area contributed by atoms with Gasteiger partial charge in [0.15, 0.2) is 0 Å². The normalized spacial score (nSPS) is 9.93. The van der Waals surface area contributed by atoms with E-state index in [1.807, 2.05) is 25.1 Å². The molecule has 1 aromatic heterocycles. The van der Waals surface area contributed by atoms with Gasteiger partial charge in [-0.3, -0.25) is 4.79 Å². The highest BCUT2D eigenvalue weighted by Crippen LogP contribution is 2.04. The van der Waals surface area contributed by atoms with E-state index in [9.17, 15) is 4.79 Å². The number of unbranched alkanes of at least 4 members (excludes halogenated alkanes) is 1. The number of nitrogens with zero attached hydrogens (tertiary/aromatic N) is 1. The summed E-state index contributed by atoms with van der Waals surface area (Å²) < 4.78 is 0. The Labute approximate surface area is 89.3 Å². The molecular weight excluding hydrogens is 192 g/mol. The summed E-state index contributed by atoms with van der Waals surface area (Å²) in [6, 6.07) is 5.79. The van der Waals surface area contributed by atoms with Gasteiger partial charge in [-0.1, -0.05) is 6.07 Å². The summed E-state index contributed by atoms with van der Waals surface area (Å²) in [6.07, 6.45) is 1.79. The van der Waals surface area contributed by atoms with E-state index in [0.29, 0.717) is 6.42 Å². The lowest BCUT2D eigenvalue weighted by molar-refractivity contribution is -0.137. The SMILES string of the molecule is Cc1cccc(NCCCCC(=O)O)n1. The first-order chi connectivity index (χ1) is 7.18. The number of aliphatic carboxylic acids is 1. The lowest BCUT2D eigenvalue weighted by atomic mass is 10.2. The van der Waals surface area contributed by atoms with Crippen LogP contribution in [0.3, 0.4) is 0 Å². The largest absolute Gasteiger partial charge is 0.481 e. The second kappa shape index (κ2) is 6.01. The second-order valence-corrected chi connectivity index (χ2v) is 3.44. The molecule has 15 heavy (non-hydrogen) atoms. The molecule has 1 rings (SSSR count). The Hall–Kier alpha value is -1.58. The van der Waals surface area contributed by atoms with Crippen molar-refractivity contribution in [3.05, 3.63) is 23.9 Å². The molecule has 0 aromatic carbocycles. The van der Waals surface area contributed by atoms with E-state index in [2.05, 4.69) is 10.3 Å². The summed E-state index contributed by atoms with van der Waals surface area (Å²) in [5.41, 5.74) is 0.977. The van der Waals surface area contributed by atoms with Crippen LogP contribution in [0, 0.1) is 6.92 Å². The number of pyridine rings is 1. The molecule has 1 aromatic rings. The van der Waals surface area contributed by atoms with Gasteiger partial charge in [0.2, 0.25) is 0 Å². The molecule has 0 bridgehead atoms. The summed E-state index contributed by atoms with van der Waals surface area (Å²) >= 11 is 0. The van der Waals surface area contributed by atoms with E-state index in [0.717, 1.165) is 24.5 Å². The molecule has 4 heteroatoms. The molecule has 0 amide bonds. The van der Waals surface area contributed by atoms with Crippen LogP contribution in [0.1, 0.15) is 25.0 Å². The third-order valence-electron chi connectivity index (χ3n) is 2.01. The highest BCUT2D eigenvalue weighted by Gasteiger charge is 1.97. The number of rotatable bonds is 6. The zero-order valence-electron chi connectivity index (χ0n) is 8.86. The van der Waals surface area contributed by atoms with E-state index >= 15 is 0 Å². The summed E-state index contributed by atoms with van der Waals surface area (Å²) in [6.45, 7) is 2.71. The number of carbonyl (C=O) groups is 1. The number of carboxylic acid groups (broad SMARTS) is 1. The molecule has 0 atom stereocenters. The van der Waals surface area contributed by atoms with Crippen LogP contribution in [-0.2, 0) is 4.79 Å². The molecule has 0 saturated heterocycles. The van der Waals surface area contributed by atoms with Crippen molar-refractivity contribution in [3.8, 4) is 0 Å². The van der Waals surface area contributed by atoms with Gasteiger partial charge in [0, 0.05) is 18.7 Å². The van der Waals surface area contributed by atoms with Gasteiger partial charge in [-0.2, -0.15) is 0 Å². The Bertz CT molecular complexity index is 326. The number of aryl methyl sites for hydroxylation is 1. The highest BCUT2D eigenvalue weighted by molar-refractivity contribution is 5.66. The quantitative estimate of drug-likeness (QED) is 0.702. The molecular formula is C11H16N2O2. The molecule has 1 heterocycles. The van der Waals surface area contributed by atoms with Crippen molar-refractivity contribution in [1.82, 2.24) is 4.98 Å². The molecule has 0 fully saturated rings. The monoisotopic (exact) mass is 208 g/mol. The zero-order chi connectivity index (χ0) is 11.1. The molecule has 2 N–H and O–H groups in total. The van der Waals surface area contributed by atoms with Crippen LogP contribution in [0.4, 0.5) is 5.82 Å². The van der Waals surface area contributed by atoms with Crippen LogP contribution in [0.25, 0.3) is 0 Å². The topological polar surface area (TPSA) is 62.2 Å². The van der Waals surface area contributed by atoms with Gasteiger partial charge in [-0.15, -0.1) is 0 Å². The Balaban J connectivity index is 2.17. The summed E-state index contributed by atoms with van der Waals surface area (Å²) in [5, 5.41) is 11.6. The zero-order valence-corrected chi connectivity index (χ0v) is 8.86. The lowest BCUT2D eigenvalue weighted by Gasteiger charge is -2.04. The van der Waals surface area contributed by atoms with Crippen molar-refractivity contribution < 1.29 is 9.90 Å². The minimum absolute atomic E-state index is 0.239. The maximum atomic E-state index is 10.2. The summed E-state index contributed by atoms with van der Waals surface area (Å²) in [4.78, 5) is 14.5. The molecule has 4 nitrogen and oxygen atoms in total. The number of carboxylic acids is 1. The Morgan fingerprint density at radius 2 is 2.27 bits per heavy atom. The van der Waals surface area contributed by atoms with E-state index in [1.165, 1.54) is 0 Å². The van der Waals surface area contributed by atoms with Crippen LogP contribution in [0.5, 0.6) is 0 Å². The maximum Gasteiger partial charge on any atom is 0.303 e. The van der Waals surface area contributed by atoms with Crippen molar-refractivity contribution in [1.29, 1.82) is 0 Å². The van der Waals surface area contributed by atoms with E-state index in [-0.39, 0.29) is 6.42 Å². The van der Waals surface area contributed by atoms with Gasteiger partial charge in [0.1, 0.15) is 5.82 Å². The smallest absolute Gasteiger partial charge is 0.303 e. The number of nitrogens with one attached hydrogen (secondary N) is 1. The van der Waals surface area contributed by atoms with Gasteiger partial charge in [-0.25, -0.2) is 4.98 Å². The molecule has 0 aliphatic heterocycles. The molecule has 0 aliphatic rings. The standard InChI is InChI=1S/C11H16N2O2/c1-9-5-4-6-10(13-9)12-8-3-2-7-11(14)15/h4-6H,2-3,7-8H2,1H3,(H,12,13)(H,14,15). The third-order valence-corrected chi connectivity index (χ3v) is 2.01. The minimum Gasteiger partial charge on any atom is -0.481 e. The highest BCUT2D eigenvalue weighted by atomic mass is 16.4. The minimum atomic E-state index is -0.733. The van der Waals surface area contributed by atoms with Crippen LogP contribution < -0.4 is 5.32 Å². The first-order valence-electron chi connectivity index (χ1n) is 5.08. The summed E-state index contributed by atoms with van der Waals surface area (Å²) in [7, 11) is 0. The fourth-order valence-electron chi connectivity index (χ4n) is 1.26. The number of anilines is 1. The van der Waals surface area contributed by atoms with Gasteiger partial charge < -0.3 is 10.4 Å². The van der Waals surface area contributed by atoms with Crippen molar-refractivity contribution in [3.63, 3.8) is 0 Å². The number of hydrogen-bond donors (Lipinski definition) is 2. The van der Waals surface area contributed by atoms with Crippen molar-refractivity contribution in [2.24, 2.45) is 0 Å². The van der Waals surface area contributed by atoms with Crippen molar-refractivity contribution in [2.75, 3.05) is 11.9 Å². The Morgan fingerprint density at radius 3 is 2.93 bits per heavy atom. The fourth-order valence-corrected chi connectivity index (χ4v) is 1.26. The van der Waals surface area contributed by atoms with Gasteiger partial charge in [0.25, 0.3) is 0 Å². The van der Waals surface area contributed by atoms with Crippen LogP contribution in [0.2, 0.25) is 0 Å². The molecule has 0 radical (unpaired) electrons. The van der Waals surface area contributed by atoms with Crippen molar-refractivity contribution in [2.45, 2.75) is 26.2 Å². The predicted octanol–water partition coefficient (Wildman–Crippen LogP) is 2.06. The maximum absolute atomic E-state index is 10.2. The van der Waals surface area contributed by atoms with Gasteiger partial charge in [-0.05, 0) is 31.9 Å². The lowest BCUT2D eigenvalue weighted by Crippen LogP contribution is -2.04. The second-order valence-electron chi connectivity index (χ2n) is 3.44. The fraction of sp³-hybridized carbons (Fsp3) is 0.455. The molecule has 0 saturated carbocycles. The van der Waals surface area contributed by atoms with Gasteiger partial charge in [0.05, 0.1) is 0 Å². The van der Waals surface area contributed by atoms with E-state index < -0.39 is 5.97 Å². The number of aromatic nitrogens is 1. The summed E-state index contributed by atoms with van der Waals surface area (Å²) in [5.74, 6) is 0.119. The third kappa shape index (κ3) is 5.00. The van der Waals surface area contributed by atoms with Crippen molar-refractivity contribution >= 4 is 11.8 Å². The van der Waals surface area contributed by atoms with Gasteiger partial charge >= 0.3 is 5.97 Å². The molecule has 0 aliphatic carbocycles. The first kappa shape index (κ1) is 11.5. The molecule has 0 unspecified atom stereocenters. The van der Waals surface area contributed by atoms with Crippen LogP contribution in [-0.4, -0.2) is 22.6 Å². The molecule has 82 valence electrons. The Kier molecular flexibility index (Phi) is 4.60. The van der Waals surface area contributed by atoms with E-state index in [1.54, 1.807) is 0 Å². The van der Waals surface area contributed by atoms with Crippen LogP contribution in [0.15, 0.2) is 18.2 Å². The number of hydrogen-bond acceptors (Lipinski definition) is 3. The average molecular weight is 208 g/mol. The first-order valence-corrected chi connectivity index (χ1v) is 5.08.